The molecule has 1 aromatic carbocycles. The van der Waals surface area contributed by atoms with Gasteiger partial charge in [0.15, 0.2) is 0 Å². The summed E-state index contributed by atoms with van der Waals surface area (Å²) < 4.78 is 13.7. The predicted molar refractivity (Wildman–Crippen MR) is 94.6 cm³/mol. The molecule has 1 aliphatic rings. The third-order valence-corrected chi connectivity index (χ3v) is 4.76. The van der Waals surface area contributed by atoms with Gasteiger partial charge in [-0.05, 0) is 32.8 Å². The van der Waals surface area contributed by atoms with Crippen LogP contribution < -0.4 is 10.2 Å². The molecule has 5 nitrogen and oxygen atoms in total. The topological polar surface area (TPSA) is 58.1 Å². The standard InChI is InChI=1S/C19H23FN4O/c1-14-10-17(23-13-22-14)24-9-5-8-19(2,12-24)18(25)21-11-15-6-3-4-7-16(15)20/h3-4,6-7,10,13H,5,8-9,11-12H2,1-2H3,(H,21,25)/t19-/m1/s1. The summed E-state index contributed by atoms with van der Waals surface area (Å²) in [5.41, 5.74) is 0.877. The molecule has 1 atom stereocenters. The van der Waals surface area contributed by atoms with E-state index in [4.69, 9.17) is 0 Å². The second-order valence-electron chi connectivity index (χ2n) is 6.88. The van der Waals surface area contributed by atoms with Gasteiger partial charge in [0.25, 0.3) is 0 Å². The summed E-state index contributed by atoms with van der Waals surface area (Å²) in [5, 5.41) is 2.90. The van der Waals surface area contributed by atoms with E-state index in [0.29, 0.717) is 12.1 Å². The minimum atomic E-state index is -0.525. The SMILES string of the molecule is Cc1cc(N2CCC[C@@](C)(C(=O)NCc3ccccc3F)C2)ncn1. The average molecular weight is 342 g/mol. The van der Waals surface area contributed by atoms with Crippen molar-refractivity contribution >= 4 is 11.7 Å². The molecule has 2 aromatic rings. The van der Waals surface area contributed by atoms with Crippen molar-refractivity contribution < 1.29 is 9.18 Å². The maximum absolute atomic E-state index is 13.7. The quantitative estimate of drug-likeness (QED) is 0.928. The van der Waals surface area contributed by atoms with Crippen LogP contribution in [-0.2, 0) is 11.3 Å². The smallest absolute Gasteiger partial charge is 0.227 e. The number of aromatic nitrogens is 2. The molecule has 6 heteroatoms. The zero-order chi connectivity index (χ0) is 17.9. The number of carbonyl (C=O) groups excluding carboxylic acids is 1. The van der Waals surface area contributed by atoms with Crippen molar-refractivity contribution in [3.05, 3.63) is 53.7 Å². The Labute approximate surface area is 147 Å². The third kappa shape index (κ3) is 3.95. The Morgan fingerprint density at radius 3 is 2.92 bits per heavy atom. The fourth-order valence-electron chi connectivity index (χ4n) is 3.26. The van der Waals surface area contributed by atoms with E-state index in [-0.39, 0.29) is 18.3 Å². The Morgan fingerprint density at radius 2 is 2.16 bits per heavy atom. The Morgan fingerprint density at radius 1 is 1.36 bits per heavy atom. The van der Waals surface area contributed by atoms with Gasteiger partial charge in [-0.1, -0.05) is 18.2 Å². The molecular weight excluding hydrogens is 319 g/mol. The first-order valence-electron chi connectivity index (χ1n) is 8.53. The zero-order valence-electron chi connectivity index (χ0n) is 14.6. The summed E-state index contributed by atoms with van der Waals surface area (Å²) in [7, 11) is 0. The molecule has 0 unspecified atom stereocenters. The van der Waals surface area contributed by atoms with Crippen LogP contribution in [0, 0.1) is 18.2 Å². The van der Waals surface area contributed by atoms with Gasteiger partial charge in [0.05, 0.1) is 5.41 Å². The number of amides is 1. The lowest BCUT2D eigenvalue weighted by Crippen LogP contribution is -2.50. The van der Waals surface area contributed by atoms with Gasteiger partial charge < -0.3 is 10.2 Å². The number of anilines is 1. The molecule has 0 saturated carbocycles. The highest BCUT2D eigenvalue weighted by Crippen LogP contribution is 2.32. The van der Waals surface area contributed by atoms with Gasteiger partial charge in [0.1, 0.15) is 18.0 Å². The van der Waals surface area contributed by atoms with Gasteiger partial charge >= 0.3 is 0 Å². The number of nitrogens with one attached hydrogen (secondary N) is 1. The van der Waals surface area contributed by atoms with Crippen LogP contribution >= 0.6 is 0 Å². The normalized spacial score (nSPS) is 20.4. The number of nitrogens with zero attached hydrogens (tertiary/aromatic N) is 3. The molecule has 0 radical (unpaired) electrons. The Bertz CT molecular complexity index is 767. The lowest BCUT2D eigenvalue weighted by molar-refractivity contribution is -0.130. The number of benzene rings is 1. The first-order chi connectivity index (χ1) is 12.0. The first kappa shape index (κ1) is 17.3. The van der Waals surface area contributed by atoms with Crippen molar-refractivity contribution in [3.8, 4) is 0 Å². The molecule has 1 aromatic heterocycles. The molecule has 0 spiro atoms. The van der Waals surface area contributed by atoms with Crippen LogP contribution in [0.15, 0.2) is 36.7 Å². The third-order valence-electron chi connectivity index (χ3n) is 4.76. The van der Waals surface area contributed by atoms with E-state index < -0.39 is 5.41 Å². The van der Waals surface area contributed by atoms with E-state index in [0.717, 1.165) is 30.9 Å². The lowest BCUT2D eigenvalue weighted by Gasteiger charge is -2.40. The molecule has 1 aliphatic heterocycles. The number of carbonyl (C=O) groups is 1. The number of piperidine rings is 1. The molecule has 1 amide bonds. The van der Waals surface area contributed by atoms with Crippen LogP contribution in [0.5, 0.6) is 0 Å². The van der Waals surface area contributed by atoms with Crippen LogP contribution in [0.3, 0.4) is 0 Å². The number of hydrogen-bond acceptors (Lipinski definition) is 4. The summed E-state index contributed by atoms with van der Waals surface area (Å²) in [5.74, 6) is 0.501. The van der Waals surface area contributed by atoms with Crippen molar-refractivity contribution in [2.24, 2.45) is 5.41 Å². The summed E-state index contributed by atoms with van der Waals surface area (Å²) in [6.45, 7) is 5.55. The molecule has 1 saturated heterocycles. The van der Waals surface area contributed by atoms with Crippen molar-refractivity contribution in [1.29, 1.82) is 0 Å². The largest absolute Gasteiger partial charge is 0.355 e. The van der Waals surface area contributed by atoms with Gasteiger partial charge in [-0.2, -0.15) is 0 Å². The lowest BCUT2D eigenvalue weighted by atomic mass is 9.81. The highest BCUT2D eigenvalue weighted by Gasteiger charge is 2.38. The Kier molecular flexibility index (Phi) is 4.97. The summed E-state index contributed by atoms with van der Waals surface area (Å²) >= 11 is 0. The second-order valence-corrected chi connectivity index (χ2v) is 6.88. The monoisotopic (exact) mass is 342 g/mol. The highest BCUT2D eigenvalue weighted by molar-refractivity contribution is 5.83. The molecule has 0 aliphatic carbocycles. The minimum Gasteiger partial charge on any atom is -0.355 e. The molecule has 25 heavy (non-hydrogen) atoms. The van der Waals surface area contributed by atoms with Gasteiger partial charge in [-0.3, -0.25) is 4.79 Å². The van der Waals surface area contributed by atoms with E-state index in [9.17, 15) is 9.18 Å². The maximum atomic E-state index is 13.7. The van der Waals surface area contributed by atoms with Gasteiger partial charge in [0, 0.05) is 37.0 Å². The average Bonchev–Trinajstić information content (AvgIpc) is 2.61. The Balaban J connectivity index is 1.67. The minimum absolute atomic E-state index is 0.0498. The summed E-state index contributed by atoms with van der Waals surface area (Å²) in [4.78, 5) is 23.3. The van der Waals surface area contributed by atoms with Crippen LogP contribution in [0.4, 0.5) is 10.2 Å². The molecular formula is C19H23FN4O. The molecule has 132 valence electrons. The molecule has 1 N–H and O–H groups in total. The summed E-state index contributed by atoms with van der Waals surface area (Å²) in [6, 6.07) is 8.44. The molecule has 1 fully saturated rings. The maximum Gasteiger partial charge on any atom is 0.227 e. The highest BCUT2D eigenvalue weighted by atomic mass is 19.1. The van der Waals surface area contributed by atoms with Crippen molar-refractivity contribution in [1.82, 2.24) is 15.3 Å². The Hall–Kier alpha value is -2.50. The second kappa shape index (κ2) is 7.17. The van der Waals surface area contributed by atoms with E-state index >= 15 is 0 Å². The number of aryl methyl sites for hydroxylation is 1. The number of rotatable bonds is 4. The van der Waals surface area contributed by atoms with E-state index in [2.05, 4.69) is 20.2 Å². The van der Waals surface area contributed by atoms with Crippen LogP contribution in [0.2, 0.25) is 0 Å². The van der Waals surface area contributed by atoms with Crippen molar-refractivity contribution in [3.63, 3.8) is 0 Å². The van der Waals surface area contributed by atoms with Gasteiger partial charge in [-0.15, -0.1) is 0 Å². The fourth-order valence-corrected chi connectivity index (χ4v) is 3.26. The summed E-state index contributed by atoms with van der Waals surface area (Å²) in [6.07, 6.45) is 3.26. The number of halogens is 1. The predicted octanol–water partition coefficient (Wildman–Crippen LogP) is 2.85. The van der Waals surface area contributed by atoms with E-state index in [1.165, 1.54) is 6.07 Å². The van der Waals surface area contributed by atoms with E-state index in [1.807, 2.05) is 19.9 Å². The van der Waals surface area contributed by atoms with Gasteiger partial charge in [-0.25, -0.2) is 14.4 Å². The molecule has 3 rings (SSSR count). The van der Waals surface area contributed by atoms with Crippen molar-refractivity contribution in [2.75, 3.05) is 18.0 Å². The molecule has 2 heterocycles. The fraction of sp³-hybridized carbons (Fsp3) is 0.421. The van der Waals surface area contributed by atoms with Crippen LogP contribution in [0.1, 0.15) is 31.0 Å². The zero-order valence-corrected chi connectivity index (χ0v) is 14.6. The number of hydrogen-bond donors (Lipinski definition) is 1. The van der Waals surface area contributed by atoms with Crippen LogP contribution in [0.25, 0.3) is 0 Å². The first-order valence-corrected chi connectivity index (χ1v) is 8.53. The van der Waals surface area contributed by atoms with Crippen LogP contribution in [-0.4, -0.2) is 29.0 Å². The van der Waals surface area contributed by atoms with E-state index in [1.54, 1.807) is 24.5 Å². The van der Waals surface area contributed by atoms with Crippen molar-refractivity contribution in [2.45, 2.75) is 33.2 Å². The van der Waals surface area contributed by atoms with Gasteiger partial charge in [0.2, 0.25) is 5.91 Å². The molecule has 0 bridgehead atoms.